The van der Waals surface area contributed by atoms with Crippen LogP contribution in [0.5, 0.6) is 5.75 Å². The number of carboxylic acids is 1. The highest BCUT2D eigenvalue weighted by Gasteiger charge is 2.18. The van der Waals surface area contributed by atoms with Crippen LogP contribution in [0.25, 0.3) is 0 Å². The van der Waals surface area contributed by atoms with Crippen LogP contribution >= 0.6 is 0 Å². The zero-order valence-electron chi connectivity index (χ0n) is 20.0. The molecule has 0 saturated heterocycles. The van der Waals surface area contributed by atoms with E-state index < -0.39 is 12.1 Å². The van der Waals surface area contributed by atoms with E-state index in [0.717, 1.165) is 30.6 Å². The summed E-state index contributed by atoms with van der Waals surface area (Å²) in [6.07, 6.45) is 6.50. The molecule has 1 amide bonds. The Morgan fingerprint density at radius 2 is 1.59 bits per heavy atom. The van der Waals surface area contributed by atoms with Gasteiger partial charge in [0.2, 0.25) is 0 Å². The van der Waals surface area contributed by atoms with Crippen LogP contribution in [0.3, 0.4) is 0 Å². The number of unbranched alkanes of at least 4 members (excludes halogenated alkanes) is 4. The number of benzene rings is 1. The van der Waals surface area contributed by atoms with E-state index in [1.165, 1.54) is 19.3 Å². The molecule has 32 heavy (non-hydrogen) atoms. The third-order valence-electron chi connectivity index (χ3n) is 5.05. The molecule has 0 aliphatic rings. The number of carbonyl (C=O) groups is 2. The molecule has 0 aromatic heterocycles. The second-order valence-corrected chi connectivity index (χ2v) is 7.85. The minimum Gasteiger partial charge on any atom is -0.494 e. The Hall–Kier alpha value is -2.28. The molecule has 0 saturated carbocycles. The smallest absolute Gasteiger partial charge is 0.409 e. The van der Waals surface area contributed by atoms with Crippen LogP contribution in [0.2, 0.25) is 0 Å². The Labute approximate surface area is 193 Å². The number of nitrogens with zero attached hydrogens (tertiary/aromatic N) is 1. The van der Waals surface area contributed by atoms with Crippen molar-refractivity contribution in [3.8, 4) is 5.75 Å². The number of amides is 1. The standard InChI is InChI=1S/C25H41NO6/c1-4-7-8-9-10-16-26(25(29)32-18-5-2)17-11-19-31-22-14-12-21(13-15-22)20-23(24(27)28)30-6-3/h12-15,23H,4-11,16-20H2,1-3H3,(H,27,28). The van der Waals surface area contributed by atoms with E-state index in [1.54, 1.807) is 11.8 Å². The first-order valence-corrected chi connectivity index (χ1v) is 12.0. The van der Waals surface area contributed by atoms with Gasteiger partial charge in [-0.2, -0.15) is 0 Å². The molecule has 0 heterocycles. The van der Waals surface area contributed by atoms with Gasteiger partial charge < -0.3 is 24.2 Å². The molecule has 7 nitrogen and oxygen atoms in total. The Kier molecular flexibility index (Phi) is 15.0. The predicted molar refractivity (Wildman–Crippen MR) is 125 cm³/mol. The molecule has 0 fully saturated rings. The van der Waals surface area contributed by atoms with Crippen LogP contribution < -0.4 is 4.74 Å². The zero-order chi connectivity index (χ0) is 23.6. The maximum Gasteiger partial charge on any atom is 0.409 e. The molecule has 0 aliphatic carbocycles. The lowest BCUT2D eigenvalue weighted by Gasteiger charge is -2.22. The quantitative estimate of drug-likeness (QED) is 0.305. The number of ether oxygens (including phenoxy) is 3. The SMILES string of the molecule is CCCCCCCN(CCCOc1ccc(CC(OCC)C(=O)O)cc1)C(=O)OCCC. The van der Waals surface area contributed by atoms with E-state index in [-0.39, 0.29) is 6.09 Å². The van der Waals surface area contributed by atoms with Gasteiger partial charge in [0.25, 0.3) is 0 Å². The van der Waals surface area contributed by atoms with Crippen molar-refractivity contribution in [3.63, 3.8) is 0 Å². The molecular weight excluding hydrogens is 410 g/mol. The molecule has 1 rings (SSSR count). The summed E-state index contributed by atoms with van der Waals surface area (Å²) < 4.78 is 16.4. The number of carboxylic acid groups (broad SMARTS) is 1. The second kappa shape index (κ2) is 17.3. The van der Waals surface area contributed by atoms with E-state index in [1.807, 2.05) is 31.2 Å². The van der Waals surface area contributed by atoms with Gasteiger partial charge in [-0.05, 0) is 43.9 Å². The molecule has 0 spiro atoms. The maximum absolute atomic E-state index is 12.3. The van der Waals surface area contributed by atoms with Crippen LogP contribution in [-0.4, -0.2) is 61.1 Å². The van der Waals surface area contributed by atoms with Gasteiger partial charge >= 0.3 is 12.1 Å². The average Bonchev–Trinajstić information content (AvgIpc) is 2.79. The Balaban J connectivity index is 2.43. The van der Waals surface area contributed by atoms with E-state index >= 15 is 0 Å². The van der Waals surface area contributed by atoms with Gasteiger partial charge in [0, 0.05) is 26.1 Å². The topological polar surface area (TPSA) is 85.3 Å². The molecule has 182 valence electrons. The predicted octanol–water partition coefficient (Wildman–Crippen LogP) is 5.31. The number of hydrogen-bond acceptors (Lipinski definition) is 5. The van der Waals surface area contributed by atoms with Crippen molar-refractivity contribution in [2.75, 3.05) is 32.9 Å². The second-order valence-electron chi connectivity index (χ2n) is 7.85. The monoisotopic (exact) mass is 451 g/mol. The summed E-state index contributed by atoms with van der Waals surface area (Å²) in [4.78, 5) is 25.3. The first-order valence-electron chi connectivity index (χ1n) is 12.0. The fourth-order valence-electron chi connectivity index (χ4n) is 3.28. The lowest BCUT2D eigenvalue weighted by molar-refractivity contribution is -0.149. The summed E-state index contributed by atoms with van der Waals surface area (Å²) in [6, 6.07) is 7.38. The van der Waals surface area contributed by atoms with Gasteiger partial charge in [-0.25, -0.2) is 9.59 Å². The normalized spacial score (nSPS) is 11.7. The van der Waals surface area contributed by atoms with Crippen molar-refractivity contribution in [1.82, 2.24) is 4.90 Å². The number of hydrogen-bond donors (Lipinski definition) is 1. The van der Waals surface area contributed by atoms with Crippen molar-refractivity contribution in [2.24, 2.45) is 0 Å². The summed E-state index contributed by atoms with van der Waals surface area (Å²) in [5.41, 5.74) is 0.881. The first kappa shape index (κ1) is 27.8. The third kappa shape index (κ3) is 11.9. The summed E-state index contributed by atoms with van der Waals surface area (Å²) >= 11 is 0. The van der Waals surface area contributed by atoms with Crippen LogP contribution in [0.4, 0.5) is 4.79 Å². The Bertz CT molecular complexity index is 634. The Morgan fingerprint density at radius 1 is 0.906 bits per heavy atom. The van der Waals surface area contributed by atoms with Gasteiger partial charge in [-0.1, -0.05) is 51.7 Å². The highest BCUT2D eigenvalue weighted by atomic mass is 16.6. The lowest BCUT2D eigenvalue weighted by atomic mass is 10.1. The number of aliphatic carboxylic acids is 1. The van der Waals surface area contributed by atoms with Gasteiger partial charge in [0.05, 0.1) is 13.2 Å². The maximum atomic E-state index is 12.3. The van der Waals surface area contributed by atoms with E-state index in [9.17, 15) is 14.7 Å². The van der Waals surface area contributed by atoms with E-state index in [0.29, 0.717) is 45.8 Å². The Morgan fingerprint density at radius 3 is 2.22 bits per heavy atom. The van der Waals surface area contributed by atoms with Crippen molar-refractivity contribution in [1.29, 1.82) is 0 Å². The first-order chi connectivity index (χ1) is 15.5. The van der Waals surface area contributed by atoms with Gasteiger partial charge in [0.15, 0.2) is 6.10 Å². The fraction of sp³-hybridized carbons (Fsp3) is 0.680. The van der Waals surface area contributed by atoms with Crippen LogP contribution in [0.1, 0.15) is 71.3 Å². The fourth-order valence-corrected chi connectivity index (χ4v) is 3.28. The summed E-state index contributed by atoms with van der Waals surface area (Å²) in [6.45, 7) is 8.57. The number of carbonyl (C=O) groups excluding carboxylic acids is 1. The lowest BCUT2D eigenvalue weighted by Crippen LogP contribution is -2.34. The van der Waals surface area contributed by atoms with E-state index in [4.69, 9.17) is 14.2 Å². The molecule has 0 bridgehead atoms. The molecular formula is C25H41NO6. The molecule has 1 aromatic rings. The van der Waals surface area contributed by atoms with Gasteiger partial charge in [-0.3, -0.25) is 0 Å². The highest BCUT2D eigenvalue weighted by Crippen LogP contribution is 2.15. The van der Waals surface area contributed by atoms with Crippen molar-refractivity contribution in [2.45, 2.75) is 78.2 Å². The van der Waals surface area contributed by atoms with Crippen molar-refractivity contribution < 1.29 is 28.9 Å². The highest BCUT2D eigenvalue weighted by molar-refractivity contribution is 5.72. The molecule has 7 heteroatoms. The molecule has 0 aliphatic heterocycles. The molecule has 1 N–H and O–H groups in total. The van der Waals surface area contributed by atoms with Crippen LogP contribution in [0, 0.1) is 0 Å². The molecule has 0 radical (unpaired) electrons. The third-order valence-corrected chi connectivity index (χ3v) is 5.05. The minimum absolute atomic E-state index is 0.242. The largest absolute Gasteiger partial charge is 0.494 e. The molecule has 1 aromatic carbocycles. The summed E-state index contributed by atoms with van der Waals surface area (Å²) in [5, 5.41) is 9.20. The van der Waals surface area contributed by atoms with Crippen molar-refractivity contribution in [3.05, 3.63) is 29.8 Å². The van der Waals surface area contributed by atoms with Gasteiger partial charge in [-0.15, -0.1) is 0 Å². The molecule has 1 unspecified atom stereocenters. The van der Waals surface area contributed by atoms with Crippen molar-refractivity contribution >= 4 is 12.1 Å². The van der Waals surface area contributed by atoms with Gasteiger partial charge in [0.1, 0.15) is 5.75 Å². The zero-order valence-corrected chi connectivity index (χ0v) is 20.0. The van der Waals surface area contributed by atoms with E-state index in [2.05, 4.69) is 6.92 Å². The van der Waals surface area contributed by atoms with Crippen LogP contribution in [0.15, 0.2) is 24.3 Å². The average molecular weight is 452 g/mol. The number of rotatable bonds is 18. The summed E-state index contributed by atoms with van der Waals surface area (Å²) in [5.74, 6) is -0.240. The molecule has 1 atom stereocenters. The van der Waals surface area contributed by atoms with Crippen LogP contribution in [-0.2, 0) is 20.7 Å². The summed E-state index contributed by atoms with van der Waals surface area (Å²) in [7, 11) is 0. The minimum atomic E-state index is -0.959.